The second-order valence-corrected chi connectivity index (χ2v) is 6.98. The number of ether oxygens (including phenoxy) is 3. The predicted octanol–water partition coefficient (Wildman–Crippen LogP) is 3.11. The van der Waals surface area contributed by atoms with Crippen LogP contribution >= 0.6 is 11.6 Å². The van der Waals surface area contributed by atoms with Crippen molar-refractivity contribution in [2.45, 2.75) is 6.42 Å². The van der Waals surface area contributed by atoms with Gasteiger partial charge in [-0.25, -0.2) is 0 Å². The van der Waals surface area contributed by atoms with Gasteiger partial charge in [0, 0.05) is 30.4 Å². The minimum atomic E-state index is -0.457. The molecule has 0 aromatic heterocycles. The number of hydrogen-bond acceptors (Lipinski definition) is 5. The molecule has 8 heteroatoms. The molecule has 1 N–H and O–H groups in total. The highest BCUT2D eigenvalue weighted by Gasteiger charge is 2.35. The molecule has 2 amide bonds. The molecule has 1 saturated heterocycles. The highest BCUT2D eigenvalue weighted by Crippen LogP contribution is 2.34. The van der Waals surface area contributed by atoms with Crippen molar-refractivity contribution in [3.8, 4) is 17.2 Å². The summed E-state index contributed by atoms with van der Waals surface area (Å²) in [5, 5.41) is 3.27. The van der Waals surface area contributed by atoms with E-state index in [1.807, 2.05) is 0 Å². The summed E-state index contributed by atoms with van der Waals surface area (Å²) in [6.45, 7) is 1.27. The molecule has 0 saturated carbocycles. The van der Waals surface area contributed by atoms with E-state index in [4.69, 9.17) is 25.8 Å². The Labute approximate surface area is 167 Å². The van der Waals surface area contributed by atoms with Crippen LogP contribution in [-0.2, 0) is 9.59 Å². The van der Waals surface area contributed by atoms with Gasteiger partial charge in [-0.1, -0.05) is 11.6 Å². The third kappa shape index (κ3) is 3.57. The van der Waals surface area contributed by atoms with Gasteiger partial charge in [-0.3, -0.25) is 9.59 Å². The first-order valence-corrected chi connectivity index (χ1v) is 9.27. The van der Waals surface area contributed by atoms with Crippen LogP contribution in [0.5, 0.6) is 17.2 Å². The van der Waals surface area contributed by atoms with Crippen LogP contribution in [0.25, 0.3) is 0 Å². The fourth-order valence-corrected chi connectivity index (χ4v) is 3.57. The number of rotatable bonds is 4. The third-order valence-corrected chi connectivity index (χ3v) is 5.05. The van der Waals surface area contributed by atoms with E-state index in [-0.39, 0.29) is 24.8 Å². The van der Waals surface area contributed by atoms with Crippen molar-refractivity contribution in [1.82, 2.24) is 0 Å². The lowest BCUT2D eigenvalue weighted by atomic mass is 10.1. The maximum Gasteiger partial charge on any atom is 0.229 e. The van der Waals surface area contributed by atoms with Gasteiger partial charge >= 0.3 is 0 Å². The zero-order valence-corrected chi connectivity index (χ0v) is 16.0. The van der Waals surface area contributed by atoms with Crippen LogP contribution in [0.1, 0.15) is 6.42 Å². The Kier molecular flexibility index (Phi) is 5.00. The van der Waals surface area contributed by atoms with Crippen LogP contribution in [0.4, 0.5) is 11.4 Å². The van der Waals surface area contributed by atoms with Crippen molar-refractivity contribution in [3.05, 3.63) is 41.4 Å². The maximum absolute atomic E-state index is 12.7. The van der Waals surface area contributed by atoms with Crippen molar-refractivity contribution < 1.29 is 23.8 Å². The van der Waals surface area contributed by atoms with Gasteiger partial charge in [0.15, 0.2) is 11.5 Å². The Morgan fingerprint density at radius 3 is 2.71 bits per heavy atom. The molecule has 2 aliphatic heterocycles. The zero-order chi connectivity index (χ0) is 19.7. The first-order valence-electron chi connectivity index (χ1n) is 8.89. The molecule has 0 bridgehead atoms. The number of halogens is 1. The van der Waals surface area contributed by atoms with Crippen LogP contribution in [-0.4, -0.2) is 38.7 Å². The molecule has 2 heterocycles. The predicted molar refractivity (Wildman–Crippen MR) is 105 cm³/mol. The molecular formula is C20H19ClN2O5. The van der Waals surface area contributed by atoms with Gasteiger partial charge in [-0.05, 0) is 30.3 Å². The first-order chi connectivity index (χ1) is 13.5. The van der Waals surface area contributed by atoms with Gasteiger partial charge in [0.25, 0.3) is 0 Å². The minimum absolute atomic E-state index is 0.122. The van der Waals surface area contributed by atoms with Crippen LogP contribution in [0.15, 0.2) is 36.4 Å². The number of carbonyl (C=O) groups is 2. The first kappa shape index (κ1) is 18.4. The molecule has 2 aliphatic rings. The smallest absolute Gasteiger partial charge is 0.229 e. The normalized spacial score (nSPS) is 18.1. The largest absolute Gasteiger partial charge is 0.495 e. The number of carbonyl (C=O) groups excluding carboxylic acids is 2. The van der Waals surface area contributed by atoms with E-state index in [9.17, 15) is 9.59 Å². The Balaban J connectivity index is 1.45. The maximum atomic E-state index is 12.7. The average molecular weight is 403 g/mol. The lowest BCUT2D eigenvalue weighted by Gasteiger charge is -2.20. The number of methoxy groups -OCH3 is 1. The number of fused-ring (bicyclic) bond motifs is 1. The van der Waals surface area contributed by atoms with E-state index in [1.54, 1.807) is 41.3 Å². The number of nitrogens with zero attached hydrogens (tertiary/aromatic N) is 1. The number of benzene rings is 2. The van der Waals surface area contributed by atoms with Gasteiger partial charge in [-0.15, -0.1) is 0 Å². The Morgan fingerprint density at radius 2 is 1.96 bits per heavy atom. The molecular weight excluding hydrogens is 384 g/mol. The Morgan fingerprint density at radius 1 is 1.18 bits per heavy atom. The summed E-state index contributed by atoms with van der Waals surface area (Å²) in [4.78, 5) is 26.7. The Hall–Kier alpha value is -2.93. The summed E-state index contributed by atoms with van der Waals surface area (Å²) in [7, 11) is 1.53. The van der Waals surface area contributed by atoms with Crippen molar-refractivity contribution in [2.75, 3.05) is 37.1 Å². The van der Waals surface area contributed by atoms with E-state index >= 15 is 0 Å². The van der Waals surface area contributed by atoms with Gasteiger partial charge in [0.2, 0.25) is 11.8 Å². The monoisotopic (exact) mass is 402 g/mol. The quantitative estimate of drug-likeness (QED) is 0.850. The van der Waals surface area contributed by atoms with Crippen LogP contribution in [0.2, 0.25) is 5.02 Å². The minimum Gasteiger partial charge on any atom is -0.495 e. The summed E-state index contributed by atoms with van der Waals surface area (Å²) in [6, 6.07) is 10.4. The fourth-order valence-electron chi connectivity index (χ4n) is 3.32. The molecule has 146 valence electrons. The number of hydrogen-bond donors (Lipinski definition) is 1. The summed E-state index contributed by atoms with van der Waals surface area (Å²) < 4.78 is 16.1. The van der Waals surface area contributed by atoms with Gasteiger partial charge < -0.3 is 24.4 Å². The molecule has 0 radical (unpaired) electrons. The lowest BCUT2D eigenvalue weighted by molar-refractivity contribution is -0.122. The van der Waals surface area contributed by atoms with E-state index < -0.39 is 5.92 Å². The fraction of sp³-hybridized carbons (Fsp3) is 0.300. The molecule has 1 atom stereocenters. The average Bonchev–Trinajstić information content (AvgIpc) is 3.09. The Bertz CT molecular complexity index is 933. The van der Waals surface area contributed by atoms with Gasteiger partial charge in [-0.2, -0.15) is 0 Å². The molecule has 28 heavy (non-hydrogen) atoms. The van der Waals surface area contributed by atoms with E-state index in [2.05, 4.69) is 5.32 Å². The second-order valence-electron chi connectivity index (χ2n) is 6.57. The molecule has 2 aromatic rings. The van der Waals surface area contributed by atoms with Crippen molar-refractivity contribution in [2.24, 2.45) is 5.92 Å². The lowest BCUT2D eigenvalue weighted by Crippen LogP contribution is -2.28. The number of nitrogens with one attached hydrogen (secondary N) is 1. The van der Waals surface area contributed by atoms with Gasteiger partial charge in [0.05, 0.1) is 18.1 Å². The molecule has 4 rings (SSSR count). The third-order valence-electron chi connectivity index (χ3n) is 4.75. The molecule has 1 fully saturated rings. The molecule has 1 unspecified atom stereocenters. The van der Waals surface area contributed by atoms with E-state index in [1.165, 1.54) is 7.11 Å². The van der Waals surface area contributed by atoms with Crippen molar-refractivity contribution >= 4 is 34.8 Å². The zero-order valence-electron chi connectivity index (χ0n) is 15.2. The van der Waals surface area contributed by atoms with Crippen LogP contribution < -0.4 is 24.4 Å². The highest BCUT2D eigenvalue weighted by atomic mass is 35.5. The van der Waals surface area contributed by atoms with Crippen molar-refractivity contribution in [1.29, 1.82) is 0 Å². The van der Waals surface area contributed by atoms with E-state index in [0.29, 0.717) is 46.9 Å². The van der Waals surface area contributed by atoms with Gasteiger partial charge in [0.1, 0.15) is 19.0 Å². The number of amides is 2. The summed E-state index contributed by atoms with van der Waals surface area (Å²) in [5.41, 5.74) is 1.25. The van der Waals surface area contributed by atoms with Crippen LogP contribution in [0.3, 0.4) is 0 Å². The topological polar surface area (TPSA) is 77.1 Å². The molecule has 0 aliphatic carbocycles. The van der Waals surface area contributed by atoms with E-state index in [0.717, 1.165) is 0 Å². The SMILES string of the molecule is COc1ccc(N2CC(C(=O)Nc3ccc4c(c3)OCCO4)CC2=O)cc1Cl. The molecule has 0 spiro atoms. The second kappa shape index (κ2) is 7.59. The number of anilines is 2. The molecule has 2 aromatic carbocycles. The van der Waals surface area contributed by atoms with Crippen molar-refractivity contribution in [3.63, 3.8) is 0 Å². The summed E-state index contributed by atoms with van der Waals surface area (Å²) >= 11 is 6.16. The summed E-state index contributed by atoms with van der Waals surface area (Å²) in [5.74, 6) is 0.992. The summed E-state index contributed by atoms with van der Waals surface area (Å²) in [6.07, 6.45) is 0.139. The molecule has 7 nitrogen and oxygen atoms in total. The highest BCUT2D eigenvalue weighted by molar-refractivity contribution is 6.32. The van der Waals surface area contributed by atoms with Crippen LogP contribution in [0, 0.1) is 5.92 Å². The standard InChI is InChI=1S/C20H19ClN2O5/c1-26-16-5-3-14(10-15(16)21)23-11-12(8-19(23)24)20(25)22-13-2-4-17-18(9-13)28-7-6-27-17/h2-5,9-10,12H,6-8,11H2,1H3,(H,22,25).